The van der Waals surface area contributed by atoms with Gasteiger partial charge in [0.25, 0.3) is 0 Å². The monoisotopic (exact) mass is 463 g/mol. The average molecular weight is 464 g/mol. The predicted octanol–water partition coefficient (Wildman–Crippen LogP) is 2.58. The van der Waals surface area contributed by atoms with E-state index < -0.39 is 27.8 Å². The summed E-state index contributed by atoms with van der Waals surface area (Å²) >= 11 is 0. The van der Waals surface area contributed by atoms with Crippen LogP contribution in [0, 0.1) is 17.6 Å². The van der Waals surface area contributed by atoms with Gasteiger partial charge in [-0.3, -0.25) is 4.79 Å². The van der Waals surface area contributed by atoms with Crippen molar-refractivity contribution in [1.82, 2.24) is 14.5 Å². The minimum Gasteiger partial charge on any atom is -0.340 e. The van der Waals surface area contributed by atoms with Crippen molar-refractivity contribution in [3.05, 3.63) is 65.7 Å². The van der Waals surface area contributed by atoms with Crippen LogP contribution in [0.25, 0.3) is 0 Å². The van der Waals surface area contributed by atoms with Gasteiger partial charge in [-0.1, -0.05) is 18.2 Å². The third kappa shape index (κ3) is 5.00. The molecule has 0 aromatic heterocycles. The molecule has 0 unspecified atom stereocenters. The summed E-state index contributed by atoms with van der Waals surface area (Å²) in [6.07, 6.45) is 0.742. The molecule has 2 aromatic rings. The number of hydrogen-bond acceptors (Lipinski definition) is 4. The number of hydrogen-bond donors (Lipinski definition) is 1. The molecule has 2 aliphatic rings. The maximum absolute atomic E-state index is 13.6. The molecule has 0 bridgehead atoms. The molecule has 4 rings (SSSR count). The van der Waals surface area contributed by atoms with Gasteiger partial charge in [-0.05, 0) is 61.7 Å². The molecule has 0 spiro atoms. The number of amides is 1. The van der Waals surface area contributed by atoms with Crippen LogP contribution in [0.2, 0.25) is 0 Å². The van der Waals surface area contributed by atoms with E-state index in [1.54, 1.807) is 12.1 Å². The topological polar surface area (TPSA) is 69.7 Å². The maximum atomic E-state index is 13.6. The van der Waals surface area contributed by atoms with Crippen molar-refractivity contribution >= 4 is 15.9 Å². The molecular weight excluding hydrogens is 436 g/mol. The van der Waals surface area contributed by atoms with Gasteiger partial charge < -0.3 is 9.80 Å². The Labute approximate surface area is 187 Å². The number of nitrogens with one attached hydrogen (secondary N) is 1. The van der Waals surface area contributed by atoms with Crippen LogP contribution >= 0.6 is 0 Å². The molecule has 2 fully saturated rings. The Balaban J connectivity index is 1.56. The van der Waals surface area contributed by atoms with E-state index in [0.717, 1.165) is 24.7 Å². The van der Waals surface area contributed by atoms with E-state index in [9.17, 15) is 22.0 Å². The summed E-state index contributed by atoms with van der Waals surface area (Å²) in [6, 6.07) is 10.4. The van der Waals surface area contributed by atoms with Crippen molar-refractivity contribution in [3.63, 3.8) is 0 Å². The van der Waals surface area contributed by atoms with Crippen LogP contribution in [0.1, 0.15) is 24.3 Å². The normalized spacial score (nSPS) is 24.6. The predicted molar refractivity (Wildman–Crippen MR) is 116 cm³/mol. The fourth-order valence-corrected chi connectivity index (χ4v) is 5.96. The number of halogens is 2. The quantitative estimate of drug-likeness (QED) is 0.740. The van der Waals surface area contributed by atoms with Crippen molar-refractivity contribution in [1.29, 1.82) is 0 Å². The minimum atomic E-state index is -3.94. The van der Waals surface area contributed by atoms with Gasteiger partial charge in [0.2, 0.25) is 15.9 Å². The van der Waals surface area contributed by atoms with Crippen LogP contribution in [0.4, 0.5) is 8.78 Å². The third-order valence-corrected chi connectivity index (χ3v) is 7.94. The number of nitrogens with zero attached hydrogens (tertiary/aromatic N) is 2. The summed E-state index contributed by atoms with van der Waals surface area (Å²) in [6.45, 7) is 2.83. The molecule has 1 saturated heterocycles. The highest BCUT2D eigenvalue weighted by atomic mass is 32.2. The molecule has 9 heteroatoms. The molecule has 3 atom stereocenters. The average Bonchev–Trinajstić information content (AvgIpc) is 3.17. The highest BCUT2D eigenvalue weighted by molar-refractivity contribution is 7.89. The minimum absolute atomic E-state index is 0.000112. The van der Waals surface area contributed by atoms with Gasteiger partial charge in [0.1, 0.15) is 11.6 Å². The van der Waals surface area contributed by atoms with Crippen molar-refractivity contribution in [3.8, 4) is 0 Å². The molecule has 1 aliphatic carbocycles. The van der Waals surface area contributed by atoms with E-state index in [-0.39, 0.29) is 22.5 Å². The van der Waals surface area contributed by atoms with Crippen molar-refractivity contribution in [2.24, 2.45) is 5.92 Å². The summed E-state index contributed by atoms with van der Waals surface area (Å²) in [4.78, 5) is 17.2. The van der Waals surface area contributed by atoms with Crippen LogP contribution in [0.3, 0.4) is 0 Å². The number of piperazine rings is 1. The van der Waals surface area contributed by atoms with Crippen molar-refractivity contribution < 1.29 is 22.0 Å². The lowest BCUT2D eigenvalue weighted by atomic mass is 9.88. The first-order chi connectivity index (χ1) is 15.2. The Morgan fingerprint density at radius 2 is 1.66 bits per heavy atom. The van der Waals surface area contributed by atoms with Crippen molar-refractivity contribution in [2.75, 3.05) is 33.2 Å². The summed E-state index contributed by atoms with van der Waals surface area (Å²) in [7, 11) is -1.93. The van der Waals surface area contributed by atoms with E-state index in [0.29, 0.717) is 25.9 Å². The summed E-state index contributed by atoms with van der Waals surface area (Å²) in [5.74, 6) is -1.64. The number of sulfonamides is 1. The number of likely N-dealkylation sites (N-methyl/N-ethyl adjacent to an activating group) is 1. The van der Waals surface area contributed by atoms with E-state index in [1.165, 1.54) is 30.3 Å². The highest BCUT2D eigenvalue weighted by Gasteiger charge is 2.43. The van der Waals surface area contributed by atoms with Crippen LogP contribution < -0.4 is 4.72 Å². The Bertz CT molecular complexity index is 1070. The second kappa shape index (κ2) is 9.25. The molecule has 172 valence electrons. The van der Waals surface area contributed by atoms with Crippen LogP contribution in [0.5, 0.6) is 0 Å². The van der Waals surface area contributed by atoms with E-state index in [4.69, 9.17) is 0 Å². The Morgan fingerprint density at radius 1 is 0.969 bits per heavy atom. The molecule has 6 nitrogen and oxygen atoms in total. The van der Waals surface area contributed by atoms with Crippen LogP contribution in [0.15, 0.2) is 53.4 Å². The first-order valence-electron chi connectivity index (χ1n) is 10.7. The number of rotatable bonds is 5. The molecule has 1 heterocycles. The molecule has 1 amide bonds. The molecule has 1 aliphatic heterocycles. The summed E-state index contributed by atoms with van der Waals surface area (Å²) in [5, 5.41) is 0. The highest BCUT2D eigenvalue weighted by Crippen LogP contribution is 2.41. The molecule has 0 radical (unpaired) electrons. The second-order valence-corrected chi connectivity index (χ2v) is 10.4. The standard InChI is InChI=1S/C23H27F2N3O3S/c1-27-9-11-28(12-10-27)23(29)22-15-19(14-21(22)16-5-7-17(24)8-6-16)26-32(30,31)20-4-2-3-18(25)13-20/h2-8,13,19,21-22,26H,9-12,14-15H2,1H3/t19-,21+,22-/m0/s1. The van der Waals surface area contributed by atoms with E-state index in [2.05, 4.69) is 9.62 Å². The fourth-order valence-electron chi connectivity index (χ4n) is 4.67. The first kappa shape index (κ1) is 22.8. The van der Waals surface area contributed by atoms with Gasteiger partial charge in [0, 0.05) is 38.1 Å². The molecular formula is C23H27F2N3O3S. The van der Waals surface area contributed by atoms with Crippen LogP contribution in [-0.4, -0.2) is 63.4 Å². The lowest BCUT2D eigenvalue weighted by molar-refractivity contribution is -0.137. The van der Waals surface area contributed by atoms with E-state index >= 15 is 0 Å². The zero-order valence-electron chi connectivity index (χ0n) is 17.9. The zero-order chi connectivity index (χ0) is 22.9. The molecule has 1 N–H and O–H groups in total. The summed E-state index contributed by atoms with van der Waals surface area (Å²) in [5.41, 5.74) is 0.811. The zero-order valence-corrected chi connectivity index (χ0v) is 18.7. The Morgan fingerprint density at radius 3 is 2.31 bits per heavy atom. The molecule has 2 aromatic carbocycles. The van der Waals surface area contributed by atoms with Gasteiger partial charge in [-0.15, -0.1) is 0 Å². The number of carbonyl (C=O) groups is 1. The third-order valence-electron chi connectivity index (χ3n) is 6.42. The lowest BCUT2D eigenvalue weighted by Crippen LogP contribution is -2.49. The van der Waals surface area contributed by atoms with E-state index in [1.807, 2.05) is 11.9 Å². The fraction of sp³-hybridized carbons (Fsp3) is 0.435. The second-order valence-electron chi connectivity index (χ2n) is 8.64. The van der Waals surface area contributed by atoms with Gasteiger partial charge >= 0.3 is 0 Å². The maximum Gasteiger partial charge on any atom is 0.240 e. The smallest absolute Gasteiger partial charge is 0.240 e. The SMILES string of the molecule is CN1CCN(C(=O)[C@H]2C[C@@H](NS(=O)(=O)c3cccc(F)c3)C[C@@H]2c2ccc(F)cc2)CC1. The Kier molecular flexibility index (Phi) is 6.60. The molecule has 32 heavy (non-hydrogen) atoms. The van der Waals surface area contributed by atoms with Gasteiger partial charge in [0.05, 0.1) is 4.90 Å². The van der Waals surface area contributed by atoms with Crippen molar-refractivity contribution in [2.45, 2.75) is 29.7 Å². The van der Waals surface area contributed by atoms with Crippen LogP contribution in [-0.2, 0) is 14.8 Å². The summed E-state index contributed by atoms with van der Waals surface area (Å²) < 4.78 is 55.3. The lowest BCUT2D eigenvalue weighted by Gasteiger charge is -2.35. The van der Waals surface area contributed by atoms with Gasteiger partial charge in [-0.2, -0.15) is 0 Å². The van der Waals surface area contributed by atoms with Gasteiger partial charge in [0.15, 0.2) is 0 Å². The number of benzene rings is 2. The largest absolute Gasteiger partial charge is 0.340 e. The first-order valence-corrected chi connectivity index (χ1v) is 12.2. The Hall–Kier alpha value is -2.36. The molecule has 1 saturated carbocycles. The number of carbonyl (C=O) groups excluding carboxylic acids is 1. The van der Waals surface area contributed by atoms with Gasteiger partial charge in [-0.25, -0.2) is 21.9 Å².